The number of halogens is 1. The lowest BCUT2D eigenvalue weighted by atomic mass is 9.76. The molecule has 0 radical (unpaired) electrons. The maximum Gasteiger partial charge on any atom is 0.0923 e. The van der Waals surface area contributed by atoms with Crippen LogP contribution in [0.25, 0.3) is 0 Å². The van der Waals surface area contributed by atoms with Gasteiger partial charge in [-0.2, -0.15) is 0 Å². The minimum Gasteiger partial charge on any atom is -0.385 e. The van der Waals surface area contributed by atoms with E-state index >= 15 is 0 Å². The van der Waals surface area contributed by atoms with Crippen molar-refractivity contribution in [1.82, 2.24) is 4.90 Å². The van der Waals surface area contributed by atoms with Gasteiger partial charge in [-0.3, -0.25) is 4.90 Å². The molecule has 126 valence electrons. The monoisotopic (exact) mass is 341 g/mol. The molecule has 3 atom stereocenters. The van der Waals surface area contributed by atoms with E-state index in [-0.39, 0.29) is 0 Å². The van der Waals surface area contributed by atoms with Crippen molar-refractivity contribution in [2.75, 3.05) is 13.1 Å². The second kappa shape index (κ2) is 6.51. The predicted molar refractivity (Wildman–Crippen MR) is 98.4 cm³/mol. The summed E-state index contributed by atoms with van der Waals surface area (Å²) in [7, 11) is 0. The molecule has 0 unspecified atom stereocenters. The van der Waals surface area contributed by atoms with E-state index < -0.39 is 5.60 Å². The Morgan fingerprint density at radius 1 is 1.00 bits per heavy atom. The summed E-state index contributed by atoms with van der Waals surface area (Å²) in [5, 5.41) is 12.0. The summed E-state index contributed by atoms with van der Waals surface area (Å²) in [5.74, 6) is 0.512. The van der Waals surface area contributed by atoms with E-state index in [2.05, 4.69) is 29.2 Å². The average molecular weight is 342 g/mol. The summed E-state index contributed by atoms with van der Waals surface area (Å²) in [6.45, 7) is 2.01. The van der Waals surface area contributed by atoms with Gasteiger partial charge in [-0.1, -0.05) is 60.1 Å². The minimum absolute atomic E-state index is 0.475. The van der Waals surface area contributed by atoms with E-state index in [4.69, 9.17) is 11.6 Å². The first-order valence-electron chi connectivity index (χ1n) is 8.92. The van der Waals surface area contributed by atoms with Crippen LogP contribution in [0.3, 0.4) is 0 Å². The first-order chi connectivity index (χ1) is 11.7. The van der Waals surface area contributed by atoms with E-state index in [9.17, 15) is 5.11 Å². The predicted octanol–water partition coefficient (Wildman–Crippen LogP) is 4.57. The zero-order valence-corrected chi connectivity index (χ0v) is 14.6. The van der Waals surface area contributed by atoms with E-state index in [1.807, 2.05) is 30.3 Å². The van der Waals surface area contributed by atoms with Crippen molar-refractivity contribution in [3.63, 3.8) is 0 Å². The van der Waals surface area contributed by atoms with Crippen molar-refractivity contribution < 1.29 is 5.11 Å². The number of benzene rings is 2. The Morgan fingerprint density at radius 3 is 2.54 bits per heavy atom. The first-order valence-corrected chi connectivity index (χ1v) is 9.30. The zero-order chi connectivity index (χ0) is 16.6. The van der Waals surface area contributed by atoms with Gasteiger partial charge in [0.2, 0.25) is 0 Å². The Labute approximate surface area is 149 Å². The molecular weight excluding hydrogens is 318 g/mol. The highest BCUT2D eigenvalue weighted by molar-refractivity contribution is 6.31. The lowest BCUT2D eigenvalue weighted by Crippen LogP contribution is -2.52. The van der Waals surface area contributed by atoms with Crippen molar-refractivity contribution in [1.29, 1.82) is 0 Å². The van der Waals surface area contributed by atoms with Crippen LogP contribution in [0.2, 0.25) is 5.02 Å². The van der Waals surface area contributed by atoms with Gasteiger partial charge in [0, 0.05) is 24.2 Å². The topological polar surface area (TPSA) is 23.5 Å². The second-order valence-electron chi connectivity index (χ2n) is 7.30. The fourth-order valence-corrected chi connectivity index (χ4v) is 4.79. The molecule has 2 heterocycles. The molecule has 0 aliphatic carbocycles. The van der Waals surface area contributed by atoms with Gasteiger partial charge < -0.3 is 5.11 Å². The van der Waals surface area contributed by atoms with Crippen molar-refractivity contribution in [3.8, 4) is 0 Å². The van der Waals surface area contributed by atoms with Crippen LogP contribution in [0.1, 0.15) is 42.7 Å². The summed E-state index contributed by atoms with van der Waals surface area (Å²) in [6, 6.07) is 18.9. The molecule has 0 bridgehead atoms. The van der Waals surface area contributed by atoms with Crippen LogP contribution in [-0.4, -0.2) is 29.1 Å². The van der Waals surface area contributed by atoms with E-state index in [1.165, 1.54) is 5.56 Å². The molecule has 2 aromatic carbocycles. The number of aliphatic hydroxyl groups is 1. The molecule has 2 aliphatic heterocycles. The van der Waals surface area contributed by atoms with Crippen molar-refractivity contribution >= 4 is 11.6 Å². The largest absolute Gasteiger partial charge is 0.385 e. The minimum atomic E-state index is -0.667. The third-order valence-electron chi connectivity index (χ3n) is 5.86. The summed E-state index contributed by atoms with van der Waals surface area (Å²) in [4.78, 5) is 2.56. The summed E-state index contributed by atoms with van der Waals surface area (Å²) >= 11 is 6.40. The Balaban J connectivity index is 1.49. The van der Waals surface area contributed by atoms with Crippen LogP contribution in [0.4, 0.5) is 0 Å². The van der Waals surface area contributed by atoms with Gasteiger partial charge in [-0.25, -0.2) is 0 Å². The third-order valence-corrected chi connectivity index (χ3v) is 6.21. The van der Waals surface area contributed by atoms with Gasteiger partial charge in [-0.15, -0.1) is 0 Å². The molecule has 1 N–H and O–H groups in total. The number of piperidine rings is 2. The summed E-state index contributed by atoms with van der Waals surface area (Å²) in [5.41, 5.74) is 1.68. The van der Waals surface area contributed by atoms with Crippen molar-refractivity contribution in [3.05, 3.63) is 70.7 Å². The molecule has 2 aliphatic rings. The van der Waals surface area contributed by atoms with Crippen LogP contribution in [0.15, 0.2) is 54.6 Å². The summed E-state index contributed by atoms with van der Waals surface area (Å²) in [6.07, 6.45) is 3.93. The Hall–Kier alpha value is -1.35. The maximum atomic E-state index is 11.2. The smallest absolute Gasteiger partial charge is 0.0923 e. The van der Waals surface area contributed by atoms with Gasteiger partial charge >= 0.3 is 0 Å². The van der Waals surface area contributed by atoms with E-state index in [0.29, 0.717) is 12.0 Å². The molecule has 3 heteroatoms. The Morgan fingerprint density at radius 2 is 1.75 bits per heavy atom. The normalized spacial score (nSPS) is 30.8. The second-order valence-corrected chi connectivity index (χ2v) is 7.70. The van der Waals surface area contributed by atoms with Crippen LogP contribution < -0.4 is 0 Å². The zero-order valence-electron chi connectivity index (χ0n) is 13.9. The molecule has 0 spiro atoms. The first kappa shape index (κ1) is 16.1. The average Bonchev–Trinajstić information content (AvgIpc) is 2.62. The van der Waals surface area contributed by atoms with Crippen LogP contribution in [-0.2, 0) is 5.60 Å². The van der Waals surface area contributed by atoms with Gasteiger partial charge in [0.1, 0.15) is 0 Å². The molecule has 24 heavy (non-hydrogen) atoms. The molecule has 2 fully saturated rings. The van der Waals surface area contributed by atoms with E-state index in [0.717, 1.165) is 49.4 Å². The van der Waals surface area contributed by atoms with Crippen LogP contribution >= 0.6 is 11.6 Å². The van der Waals surface area contributed by atoms with E-state index in [1.54, 1.807) is 0 Å². The lowest BCUT2D eigenvalue weighted by Gasteiger charge is -2.48. The molecule has 0 amide bonds. The highest BCUT2D eigenvalue weighted by Gasteiger charge is 2.42. The van der Waals surface area contributed by atoms with Crippen molar-refractivity contribution in [2.45, 2.75) is 43.2 Å². The molecule has 0 aromatic heterocycles. The molecule has 2 aromatic rings. The quantitative estimate of drug-likeness (QED) is 0.865. The number of hydrogen-bond acceptors (Lipinski definition) is 2. The molecule has 0 saturated carbocycles. The molecule has 4 rings (SSSR count). The number of rotatable bonds is 2. The fourth-order valence-electron chi connectivity index (χ4n) is 4.50. The number of nitrogens with zero attached hydrogens (tertiary/aromatic N) is 1. The number of fused-ring (bicyclic) bond motifs is 1. The molecule has 2 saturated heterocycles. The van der Waals surface area contributed by atoms with Gasteiger partial charge in [0.05, 0.1) is 5.60 Å². The standard InChI is InChI=1S/C21H24ClNO/c22-20-9-5-4-8-19(20)16-10-11-18-14-21(24,12-13-23(18)15-16)17-6-2-1-3-7-17/h1-9,16,18,24H,10-15H2/t16-,18+,21-/m1/s1. The SMILES string of the molecule is O[C@]1(c2ccccc2)CCN2C[C@H](c3ccccc3Cl)CC[C@H]2C1. The van der Waals surface area contributed by atoms with Crippen LogP contribution in [0.5, 0.6) is 0 Å². The Bertz CT molecular complexity index is 704. The summed E-state index contributed by atoms with van der Waals surface area (Å²) < 4.78 is 0. The molecule has 2 nitrogen and oxygen atoms in total. The molecular formula is C21H24ClNO. The maximum absolute atomic E-state index is 11.2. The fraction of sp³-hybridized carbons (Fsp3) is 0.429. The Kier molecular flexibility index (Phi) is 4.38. The highest BCUT2D eigenvalue weighted by Crippen LogP contribution is 2.42. The number of hydrogen-bond donors (Lipinski definition) is 1. The highest BCUT2D eigenvalue weighted by atomic mass is 35.5. The lowest BCUT2D eigenvalue weighted by molar-refractivity contribution is -0.0639. The van der Waals surface area contributed by atoms with Gasteiger partial charge in [-0.05, 0) is 48.8 Å². The van der Waals surface area contributed by atoms with Crippen molar-refractivity contribution in [2.24, 2.45) is 0 Å². The van der Waals surface area contributed by atoms with Crippen LogP contribution in [0, 0.1) is 0 Å². The van der Waals surface area contributed by atoms with Gasteiger partial charge in [0.25, 0.3) is 0 Å². The third kappa shape index (κ3) is 2.99. The van der Waals surface area contributed by atoms with Gasteiger partial charge in [0.15, 0.2) is 0 Å².